The van der Waals surface area contributed by atoms with Gasteiger partial charge in [-0.3, -0.25) is 19.2 Å². The Morgan fingerprint density at radius 1 is 0.375 bits per heavy atom. The molecule has 232 valence electrons. The fraction of sp³-hybridized carbons (Fsp3) is 0. The van der Waals surface area contributed by atoms with Crippen LogP contribution in [0.2, 0.25) is 0 Å². The number of ketones is 2. The maximum Gasteiger partial charge on any atom is 0.255 e. The van der Waals surface area contributed by atoms with Gasteiger partial charge in [0, 0.05) is 45.0 Å². The van der Waals surface area contributed by atoms with Crippen molar-refractivity contribution in [1.82, 2.24) is 0 Å². The Morgan fingerprint density at radius 2 is 0.708 bits per heavy atom. The quantitative estimate of drug-likeness (QED) is 0.134. The van der Waals surface area contributed by atoms with Gasteiger partial charge in [0.2, 0.25) is 0 Å². The lowest BCUT2D eigenvalue weighted by Crippen LogP contribution is -2.23. The molecule has 4 N–H and O–H groups in total. The lowest BCUT2D eigenvalue weighted by atomic mass is 9.82. The van der Waals surface area contributed by atoms with E-state index < -0.39 is 0 Å². The standard InChI is InChI=1S/C40H28N4O4/c45-37-31-13-7-8-14-32(31)38(46)36-34(42-28-17-21-30(22-18-28)44-40(48)26-11-5-2-6-12-26)24-23-33(35(36)37)41-27-15-19-29(20-16-27)43-39(47)25-9-3-1-4-10-25/h1-24,41-42H,(H,43,47)(H,44,48). The van der Waals surface area contributed by atoms with Crippen LogP contribution in [0.15, 0.2) is 146 Å². The van der Waals surface area contributed by atoms with Crippen molar-refractivity contribution in [1.29, 1.82) is 0 Å². The molecule has 0 spiro atoms. The molecule has 1 aliphatic carbocycles. The summed E-state index contributed by atoms with van der Waals surface area (Å²) in [7, 11) is 0. The lowest BCUT2D eigenvalue weighted by molar-refractivity contribution is 0.0980. The number of fused-ring (bicyclic) bond motifs is 2. The third kappa shape index (κ3) is 6.05. The molecule has 7 rings (SSSR count). The lowest BCUT2D eigenvalue weighted by Gasteiger charge is -2.24. The second-order valence-electron chi connectivity index (χ2n) is 11.2. The van der Waals surface area contributed by atoms with E-state index in [-0.39, 0.29) is 34.5 Å². The summed E-state index contributed by atoms with van der Waals surface area (Å²) in [5.41, 5.74) is 5.82. The highest BCUT2D eigenvalue weighted by Crippen LogP contribution is 2.39. The molecule has 0 aliphatic heterocycles. The van der Waals surface area contributed by atoms with Crippen LogP contribution in [-0.4, -0.2) is 23.4 Å². The normalized spacial score (nSPS) is 11.6. The zero-order valence-electron chi connectivity index (χ0n) is 25.5. The monoisotopic (exact) mass is 628 g/mol. The first kappa shape index (κ1) is 29.9. The molecule has 0 saturated heterocycles. The molecular formula is C40H28N4O4. The molecule has 0 aromatic heterocycles. The predicted molar refractivity (Wildman–Crippen MR) is 188 cm³/mol. The van der Waals surface area contributed by atoms with Gasteiger partial charge in [0.1, 0.15) is 0 Å². The van der Waals surface area contributed by atoms with Crippen molar-refractivity contribution < 1.29 is 19.2 Å². The molecule has 0 radical (unpaired) electrons. The molecular weight excluding hydrogens is 600 g/mol. The number of benzene rings is 6. The first-order valence-corrected chi connectivity index (χ1v) is 15.3. The van der Waals surface area contributed by atoms with E-state index in [1.165, 1.54) is 0 Å². The minimum absolute atomic E-state index is 0.220. The summed E-state index contributed by atoms with van der Waals surface area (Å²) in [5, 5.41) is 12.4. The Labute approximate surface area is 276 Å². The summed E-state index contributed by atoms with van der Waals surface area (Å²) in [4.78, 5) is 53.0. The van der Waals surface area contributed by atoms with Gasteiger partial charge in [0.25, 0.3) is 11.8 Å². The number of nitrogens with one attached hydrogen (secondary N) is 4. The SMILES string of the molecule is O=C(Nc1ccc(Nc2ccc(Nc3ccc(NC(=O)c4ccccc4)cc3)c3c2C(=O)c2ccccc2C3=O)cc1)c1ccccc1. The van der Waals surface area contributed by atoms with Gasteiger partial charge in [-0.05, 0) is 84.9 Å². The van der Waals surface area contributed by atoms with Crippen LogP contribution >= 0.6 is 0 Å². The molecule has 0 bridgehead atoms. The maximum absolute atomic E-state index is 13.9. The number of rotatable bonds is 8. The van der Waals surface area contributed by atoms with E-state index in [4.69, 9.17) is 0 Å². The van der Waals surface area contributed by atoms with Gasteiger partial charge >= 0.3 is 0 Å². The molecule has 1 aliphatic rings. The Kier molecular flexibility index (Phi) is 8.03. The van der Waals surface area contributed by atoms with Crippen molar-refractivity contribution in [2.24, 2.45) is 0 Å². The smallest absolute Gasteiger partial charge is 0.255 e. The van der Waals surface area contributed by atoms with Crippen molar-refractivity contribution in [2.45, 2.75) is 0 Å². The van der Waals surface area contributed by atoms with E-state index in [0.717, 1.165) is 0 Å². The molecule has 6 aromatic rings. The maximum atomic E-state index is 13.9. The van der Waals surface area contributed by atoms with Gasteiger partial charge in [-0.15, -0.1) is 0 Å². The van der Waals surface area contributed by atoms with E-state index in [1.54, 1.807) is 133 Å². The second kappa shape index (κ2) is 12.9. The average molecular weight is 629 g/mol. The van der Waals surface area contributed by atoms with Gasteiger partial charge in [0.05, 0.1) is 22.5 Å². The number of amides is 2. The van der Waals surface area contributed by atoms with Crippen molar-refractivity contribution in [3.63, 3.8) is 0 Å². The fourth-order valence-corrected chi connectivity index (χ4v) is 5.60. The van der Waals surface area contributed by atoms with Crippen molar-refractivity contribution >= 4 is 57.5 Å². The molecule has 0 atom stereocenters. The zero-order valence-corrected chi connectivity index (χ0v) is 25.5. The number of anilines is 6. The van der Waals surface area contributed by atoms with Crippen molar-refractivity contribution in [3.05, 3.63) is 179 Å². The summed E-state index contributed by atoms with van der Waals surface area (Å²) >= 11 is 0. The molecule has 8 nitrogen and oxygen atoms in total. The van der Waals surface area contributed by atoms with Crippen LogP contribution in [0.5, 0.6) is 0 Å². The van der Waals surface area contributed by atoms with Crippen LogP contribution < -0.4 is 21.3 Å². The minimum Gasteiger partial charge on any atom is -0.355 e. The van der Waals surface area contributed by atoms with E-state index in [9.17, 15) is 19.2 Å². The zero-order chi connectivity index (χ0) is 33.0. The van der Waals surface area contributed by atoms with Crippen LogP contribution in [0.1, 0.15) is 52.6 Å². The van der Waals surface area contributed by atoms with Crippen LogP contribution in [0.3, 0.4) is 0 Å². The largest absolute Gasteiger partial charge is 0.355 e. The van der Waals surface area contributed by atoms with Gasteiger partial charge in [-0.2, -0.15) is 0 Å². The molecule has 0 saturated carbocycles. The molecule has 6 aromatic carbocycles. The van der Waals surface area contributed by atoms with Crippen LogP contribution in [0.25, 0.3) is 0 Å². The number of carbonyl (C=O) groups excluding carboxylic acids is 4. The number of hydrogen-bond donors (Lipinski definition) is 4. The molecule has 0 unspecified atom stereocenters. The summed E-state index contributed by atoms with van der Waals surface area (Å²) in [5.74, 6) is -0.972. The second-order valence-corrected chi connectivity index (χ2v) is 11.2. The Hall–Kier alpha value is -6.80. The van der Waals surface area contributed by atoms with Crippen LogP contribution in [0, 0.1) is 0 Å². The van der Waals surface area contributed by atoms with E-state index in [1.807, 2.05) is 12.1 Å². The number of carbonyl (C=O) groups is 4. The van der Waals surface area contributed by atoms with Gasteiger partial charge in [0.15, 0.2) is 11.6 Å². The molecule has 0 heterocycles. The van der Waals surface area contributed by atoms with Gasteiger partial charge in [-0.25, -0.2) is 0 Å². The topological polar surface area (TPSA) is 116 Å². The summed E-state index contributed by atoms with van der Waals surface area (Å²) in [6.45, 7) is 0. The van der Waals surface area contributed by atoms with Gasteiger partial charge in [-0.1, -0.05) is 60.7 Å². The Bertz CT molecular complexity index is 2020. The first-order valence-electron chi connectivity index (χ1n) is 15.3. The highest BCUT2D eigenvalue weighted by Gasteiger charge is 2.34. The highest BCUT2D eigenvalue weighted by molar-refractivity contribution is 6.32. The first-order chi connectivity index (χ1) is 23.4. The van der Waals surface area contributed by atoms with E-state index in [0.29, 0.717) is 56.4 Å². The number of hydrogen-bond acceptors (Lipinski definition) is 6. The minimum atomic E-state index is -0.267. The molecule has 2 amide bonds. The molecule has 48 heavy (non-hydrogen) atoms. The summed E-state index contributed by atoms with van der Waals surface area (Å²) in [6.07, 6.45) is 0. The molecule has 0 fully saturated rings. The third-order valence-corrected chi connectivity index (χ3v) is 7.99. The summed E-state index contributed by atoms with van der Waals surface area (Å²) in [6, 6.07) is 42.4. The molecule has 8 heteroatoms. The average Bonchev–Trinajstić information content (AvgIpc) is 3.13. The highest BCUT2D eigenvalue weighted by atomic mass is 16.2. The van der Waals surface area contributed by atoms with Gasteiger partial charge < -0.3 is 21.3 Å². The van der Waals surface area contributed by atoms with Crippen molar-refractivity contribution in [3.8, 4) is 0 Å². The van der Waals surface area contributed by atoms with Crippen LogP contribution in [-0.2, 0) is 0 Å². The third-order valence-electron chi connectivity index (χ3n) is 7.99. The van der Waals surface area contributed by atoms with Crippen molar-refractivity contribution in [2.75, 3.05) is 21.3 Å². The Balaban J connectivity index is 1.15. The summed E-state index contributed by atoms with van der Waals surface area (Å²) < 4.78 is 0. The predicted octanol–water partition coefficient (Wildman–Crippen LogP) is 8.45. The Morgan fingerprint density at radius 3 is 1.08 bits per heavy atom. The fourth-order valence-electron chi connectivity index (χ4n) is 5.60. The van der Waals surface area contributed by atoms with E-state index >= 15 is 0 Å². The van der Waals surface area contributed by atoms with Crippen LogP contribution in [0.4, 0.5) is 34.1 Å². The van der Waals surface area contributed by atoms with E-state index in [2.05, 4.69) is 21.3 Å².